The molecule has 0 radical (unpaired) electrons. The second-order valence-corrected chi connectivity index (χ2v) is 9.30. The van der Waals surface area contributed by atoms with E-state index in [0.717, 1.165) is 16.7 Å². The third-order valence-corrected chi connectivity index (χ3v) is 7.39. The Balaban J connectivity index is 0.00000225. The highest BCUT2D eigenvalue weighted by molar-refractivity contribution is 7.92. The number of nitrogens with one attached hydrogen (secondary N) is 2. The van der Waals surface area contributed by atoms with Crippen molar-refractivity contribution in [3.8, 4) is 10.4 Å². The van der Waals surface area contributed by atoms with E-state index in [4.69, 9.17) is 0 Å². The number of amides is 1. The Morgan fingerprint density at radius 2 is 1.92 bits per heavy atom. The molecule has 1 aliphatic heterocycles. The first kappa shape index (κ1) is 19.9. The van der Waals surface area contributed by atoms with Crippen molar-refractivity contribution >= 4 is 45.2 Å². The molecule has 1 fully saturated rings. The molecule has 136 valence electrons. The molecule has 1 saturated heterocycles. The van der Waals surface area contributed by atoms with Crippen molar-refractivity contribution in [2.24, 2.45) is 0 Å². The number of sulfone groups is 1. The lowest BCUT2D eigenvalue weighted by molar-refractivity contribution is -0.119. The fraction of sp³-hybridized carbons (Fsp3) is 0.353. The number of anilines is 1. The van der Waals surface area contributed by atoms with Crippen LogP contribution in [0.4, 0.5) is 5.69 Å². The molecule has 0 bridgehead atoms. The molecule has 0 saturated carbocycles. The molecule has 3 rings (SSSR count). The van der Waals surface area contributed by atoms with Gasteiger partial charge in [0, 0.05) is 16.8 Å². The van der Waals surface area contributed by atoms with E-state index in [0.29, 0.717) is 31.6 Å². The van der Waals surface area contributed by atoms with Gasteiger partial charge in [-0.25, -0.2) is 8.42 Å². The second-order valence-electron chi connectivity index (χ2n) is 6.03. The van der Waals surface area contributed by atoms with Gasteiger partial charge < -0.3 is 10.6 Å². The van der Waals surface area contributed by atoms with Crippen LogP contribution in [0.2, 0.25) is 0 Å². The number of benzene rings is 1. The number of thiophene rings is 1. The molecule has 0 spiro atoms. The molecule has 8 heteroatoms. The number of carbonyl (C=O) groups excluding carboxylic acids is 1. The Morgan fingerprint density at radius 1 is 1.20 bits per heavy atom. The lowest BCUT2D eigenvalue weighted by Crippen LogP contribution is -2.55. The normalized spacial score (nSPS) is 16.7. The second kappa shape index (κ2) is 7.86. The summed E-state index contributed by atoms with van der Waals surface area (Å²) in [7, 11) is -3.51. The molecule has 0 aliphatic carbocycles. The molecule has 25 heavy (non-hydrogen) atoms. The van der Waals surface area contributed by atoms with Crippen LogP contribution in [0.3, 0.4) is 0 Å². The summed E-state index contributed by atoms with van der Waals surface area (Å²) < 4.78 is 23.3. The maximum atomic E-state index is 12.8. The molecule has 2 heterocycles. The molecule has 0 atom stereocenters. The van der Waals surface area contributed by atoms with Gasteiger partial charge in [0.05, 0.1) is 0 Å². The van der Waals surface area contributed by atoms with E-state index in [1.807, 2.05) is 35.7 Å². The van der Waals surface area contributed by atoms with Crippen molar-refractivity contribution in [3.63, 3.8) is 0 Å². The molecule has 2 N–H and O–H groups in total. The van der Waals surface area contributed by atoms with Crippen LogP contribution in [0.15, 0.2) is 41.8 Å². The maximum Gasteiger partial charge on any atom is 0.245 e. The fourth-order valence-corrected chi connectivity index (χ4v) is 5.09. The van der Waals surface area contributed by atoms with Crippen LogP contribution in [-0.4, -0.2) is 38.4 Å². The van der Waals surface area contributed by atoms with Gasteiger partial charge >= 0.3 is 0 Å². The van der Waals surface area contributed by atoms with Crippen LogP contribution in [0.25, 0.3) is 10.4 Å². The van der Waals surface area contributed by atoms with E-state index in [2.05, 4.69) is 10.6 Å². The predicted molar refractivity (Wildman–Crippen MR) is 105 cm³/mol. The molecule has 2 aromatic rings. The summed E-state index contributed by atoms with van der Waals surface area (Å²) in [6, 6.07) is 11.5. The van der Waals surface area contributed by atoms with E-state index < -0.39 is 20.5 Å². The summed E-state index contributed by atoms with van der Waals surface area (Å²) in [6.07, 6.45) is 1.74. The summed E-state index contributed by atoms with van der Waals surface area (Å²) in [4.78, 5) is 13.9. The zero-order valence-corrected chi connectivity index (χ0v) is 16.3. The first-order valence-corrected chi connectivity index (χ1v) is 10.6. The van der Waals surface area contributed by atoms with Crippen molar-refractivity contribution in [1.29, 1.82) is 0 Å². The first-order valence-electron chi connectivity index (χ1n) is 7.78. The van der Waals surface area contributed by atoms with Gasteiger partial charge in [-0.2, -0.15) is 0 Å². The highest BCUT2D eigenvalue weighted by atomic mass is 35.5. The molecule has 1 aromatic heterocycles. The number of carbonyl (C=O) groups is 1. The van der Waals surface area contributed by atoms with E-state index in [9.17, 15) is 13.2 Å². The highest BCUT2D eigenvalue weighted by Crippen LogP contribution is 2.31. The van der Waals surface area contributed by atoms with Crippen LogP contribution in [0.5, 0.6) is 0 Å². The summed E-state index contributed by atoms with van der Waals surface area (Å²) in [5, 5.41) is 7.93. The summed E-state index contributed by atoms with van der Waals surface area (Å²) >= 11 is 1.62. The van der Waals surface area contributed by atoms with Crippen molar-refractivity contribution in [2.75, 3.05) is 24.7 Å². The van der Waals surface area contributed by atoms with Gasteiger partial charge in [-0.15, -0.1) is 23.7 Å². The molecular formula is C17H21ClN2O3S2. The van der Waals surface area contributed by atoms with Gasteiger partial charge in [-0.1, -0.05) is 18.2 Å². The van der Waals surface area contributed by atoms with E-state index in [1.165, 1.54) is 0 Å². The van der Waals surface area contributed by atoms with Crippen molar-refractivity contribution in [2.45, 2.75) is 17.6 Å². The van der Waals surface area contributed by atoms with Crippen molar-refractivity contribution < 1.29 is 13.2 Å². The smallest absolute Gasteiger partial charge is 0.245 e. The minimum Gasteiger partial charge on any atom is -0.325 e. The number of halogens is 1. The van der Waals surface area contributed by atoms with Crippen LogP contribution in [0, 0.1) is 0 Å². The fourth-order valence-electron chi connectivity index (χ4n) is 3.03. The van der Waals surface area contributed by atoms with Gasteiger partial charge in [-0.05, 0) is 55.1 Å². The number of hydrogen-bond donors (Lipinski definition) is 2. The molecule has 0 unspecified atom stereocenters. The lowest BCUT2D eigenvalue weighted by Gasteiger charge is -2.34. The van der Waals surface area contributed by atoms with Crippen molar-refractivity contribution in [3.05, 3.63) is 41.8 Å². The molecular weight excluding hydrogens is 380 g/mol. The zero-order chi connectivity index (χ0) is 17.2. The lowest BCUT2D eigenvalue weighted by atomic mass is 9.95. The highest BCUT2D eigenvalue weighted by Gasteiger charge is 2.48. The Morgan fingerprint density at radius 3 is 2.52 bits per heavy atom. The van der Waals surface area contributed by atoms with Gasteiger partial charge in [0.2, 0.25) is 5.91 Å². The molecule has 1 amide bonds. The minimum atomic E-state index is -3.51. The van der Waals surface area contributed by atoms with E-state index >= 15 is 0 Å². The third-order valence-electron chi connectivity index (χ3n) is 4.46. The van der Waals surface area contributed by atoms with Crippen molar-refractivity contribution in [1.82, 2.24) is 5.32 Å². The summed E-state index contributed by atoms with van der Waals surface area (Å²) in [6.45, 7) is 1.05. The SMILES string of the molecule is CS(=O)(=O)C1(C(=O)Nc2cccc(-c3cccs3)c2)CCNCC1.Cl. The zero-order valence-electron chi connectivity index (χ0n) is 13.8. The van der Waals surface area contributed by atoms with Crippen LogP contribution >= 0.6 is 23.7 Å². The average molecular weight is 401 g/mol. The quantitative estimate of drug-likeness (QED) is 0.827. The Hall–Kier alpha value is -1.41. The third kappa shape index (κ3) is 4.06. The molecule has 5 nitrogen and oxygen atoms in total. The Labute approximate surface area is 158 Å². The average Bonchev–Trinajstić information content (AvgIpc) is 3.09. The Kier molecular flexibility index (Phi) is 6.26. The number of piperidine rings is 1. The van der Waals surface area contributed by atoms with Crippen LogP contribution in [-0.2, 0) is 14.6 Å². The van der Waals surface area contributed by atoms with Crippen LogP contribution in [0.1, 0.15) is 12.8 Å². The predicted octanol–water partition coefficient (Wildman–Crippen LogP) is 2.94. The molecule has 1 aromatic carbocycles. The topological polar surface area (TPSA) is 75.3 Å². The number of hydrogen-bond acceptors (Lipinski definition) is 5. The standard InChI is InChI=1S/C17H20N2O3S2.ClH/c1-24(21,22)17(7-9-18-10-8-17)16(20)19-14-5-2-4-13(12-14)15-6-3-11-23-15;/h2-6,11-12,18H,7-10H2,1H3,(H,19,20);1H. The monoisotopic (exact) mass is 400 g/mol. The van der Waals surface area contributed by atoms with E-state index in [1.54, 1.807) is 17.4 Å². The maximum absolute atomic E-state index is 12.8. The van der Waals surface area contributed by atoms with Gasteiger partial charge in [-0.3, -0.25) is 4.79 Å². The Bertz CT molecular complexity index is 829. The minimum absolute atomic E-state index is 0. The first-order chi connectivity index (χ1) is 11.4. The number of rotatable bonds is 4. The van der Waals surface area contributed by atoms with Gasteiger partial charge in [0.15, 0.2) is 14.6 Å². The molecule has 1 aliphatic rings. The summed E-state index contributed by atoms with van der Waals surface area (Å²) in [5.41, 5.74) is 1.62. The van der Waals surface area contributed by atoms with Crippen LogP contribution < -0.4 is 10.6 Å². The van der Waals surface area contributed by atoms with E-state index in [-0.39, 0.29) is 12.4 Å². The van der Waals surface area contributed by atoms with Gasteiger partial charge in [0.25, 0.3) is 0 Å². The van der Waals surface area contributed by atoms with Gasteiger partial charge in [0.1, 0.15) is 0 Å². The largest absolute Gasteiger partial charge is 0.325 e. The summed E-state index contributed by atoms with van der Waals surface area (Å²) in [5.74, 6) is -0.435.